The van der Waals surface area contributed by atoms with Crippen LogP contribution in [-0.4, -0.2) is 19.0 Å². The Balaban J connectivity index is 2.27. The molecule has 0 radical (unpaired) electrons. The maximum absolute atomic E-state index is 11.4. The third kappa shape index (κ3) is 3.79. The number of carbonyl (C=O) groups is 2. The lowest BCUT2D eigenvalue weighted by Gasteiger charge is -2.04. The molecule has 21 heavy (non-hydrogen) atoms. The van der Waals surface area contributed by atoms with Gasteiger partial charge in [0.2, 0.25) is 5.91 Å². The highest BCUT2D eigenvalue weighted by atomic mass is 16.5. The van der Waals surface area contributed by atoms with Crippen molar-refractivity contribution in [1.82, 2.24) is 0 Å². The molecular weight excluding hydrogens is 266 g/mol. The van der Waals surface area contributed by atoms with Crippen LogP contribution in [0.2, 0.25) is 0 Å². The molecule has 0 unspecified atom stereocenters. The number of carbonyl (C=O) groups excluding carboxylic acids is 2. The van der Waals surface area contributed by atoms with E-state index in [-0.39, 0.29) is 5.97 Å². The third-order valence-electron chi connectivity index (χ3n) is 2.97. The van der Waals surface area contributed by atoms with E-state index in [0.29, 0.717) is 5.56 Å². The Hall–Kier alpha value is -2.88. The van der Waals surface area contributed by atoms with Crippen LogP contribution < -0.4 is 5.73 Å². The molecule has 0 aromatic heterocycles. The van der Waals surface area contributed by atoms with Gasteiger partial charge in [0, 0.05) is 6.08 Å². The van der Waals surface area contributed by atoms with Gasteiger partial charge in [-0.05, 0) is 41.0 Å². The number of esters is 1. The average Bonchev–Trinajstić information content (AvgIpc) is 2.52. The summed E-state index contributed by atoms with van der Waals surface area (Å²) in [6.07, 6.45) is 2.98. The van der Waals surface area contributed by atoms with Crippen molar-refractivity contribution in [3.05, 3.63) is 65.7 Å². The maximum atomic E-state index is 11.4. The molecule has 0 atom stereocenters. The van der Waals surface area contributed by atoms with Gasteiger partial charge in [-0.15, -0.1) is 0 Å². The Morgan fingerprint density at radius 2 is 1.76 bits per heavy atom. The summed E-state index contributed by atoms with van der Waals surface area (Å²) >= 11 is 0. The fraction of sp³-hybridized carbons (Fsp3) is 0.0588. The highest BCUT2D eigenvalue weighted by Crippen LogP contribution is 2.21. The predicted molar refractivity (Wildman–Crippen MR) is 81.4 cm³/mol. The molecule has 0 fully saturated rings. The smallest absolute Gasteiger partial charge is 0.337 e. The van der Waals surface area contributed by atoms with Gasteiger partial charge in [0.15, 0.2) is 0 Å². The Labute approximate surface area is 122 Å². The van der Waals surface area contributed by atoms with Gasteiger partial charge in [0.1, 0.15) is 0 Å². The number of ether oxygens (including phenoxy) is 1. The summed E-state index contributed by atoms with van der Waals surface area (Å²) in [5.74, 6) is -0.845. The number of methoxy groups -OCH3 is 1. The largest absolute Gasteiger partial charge is 0.465 e. The lowest BCUT2D eigenvalue weighted by atomic mass is 10.0. The molecule has 4 heteroatoms. The van der Waals surface area contributed by atoms with Crippen LogP contribution in [0.3, 0.4) is 0 Å². The SMILES string of the molecule is COC(=O)c1ccc(-c2cccc(/C=C\C(N)=O)c2)cc1. The number of rotatable bonds is 4. The van der Waals surface area contributed by atoms with Gasteiger partial charge in [-0.2, -0.15) is 0 Å². The number of benzene rings is 2. The topological polar surface area (TPSA) is 69.4 Å². The van der Waals surface area contributed by atoms with E-state index in [1.165, 1.54) is 13.2 Å². The van der Waals surface area contributed by atoms with Gasteiger partial charge < -0.3 is 10.5 Å². The number of hydrogen-bond acceptors (Lipinski definition) is 3. The Bertz CT molecular complexity index is 687. The number of nitrogens with two attached hydrogens (primary N) is 1. The summed E-state index contributed by atoms with van der Waals surface area (Å²) in [6, 6.07) is 14.8. The Morgan fingerprint density at radius 3 is 2.38 bits per heavy atom. The van der Waals surface area contributed by atoms with Crippen molar-refractivity contribution in [3.8, 4) is 11.1 Å². The monoisotopic (exact) mass is 281 g/mol. The lowest BCUT2D eigenvalue weighted by Crippen LogP contribution is -2.05. The van der Waals surface area contributed by atoms with E-state index < -0.39 is 5.91 Å². The highest BCUT2D eigenvalue weighted by Gasteiger charge is 2.05. The quantitative estimate of drug-likeness (QED) is 0.692. The zero-order chi connectivity index (χ0) is 15.2. The molecular formula is C17H15NO3. The standard InChI is InChI=1S/C17H15NO3/c1-21-17(20)14-8-6-13(7-9-14)15-4-2-3-12(11-15)5-10-16(18)19/h2-11H,1H3,(H2,18,19)/b10-5-. The van der Waals surface area contributed by atoms with Crippen LogP contribution in [-0.2, 0) is 9.53 Å². The number of amides is 1. The van der Waals surface area contributed by atoms with Gasteiger partial charge in [0.25, 0.3) is 0 Å². The van der Waals surface area contributed by atoms with Crippen molar-refractivity contribution in [2.24, 2.45) is 5.73 Å². The van der Waals surface area contributed by atoms with Crippen molar-refractivity contribution in [2.45, 2.75) is 0 Å². The van der Waals surface area contributed by atoms with Crippen LogP contribution in [0.15, 0.2) is 54.6 Å². The zero-order valence-electron chi connectivity index (χ0n) is 11.6. The van der Waals surface area contributed by atoms with Crippen molar-refractivity contribution in [3.63, 3.8) is 0 Å². The van der Waals surface area contributed by atoms with Crippen LogP contribution in [0.1, 0.15) is 15.9 Å². The van der Waals surface area contributed by atoms with E-state index in [1.807, 2.05) is 36.4 Å². The fourth-order valence-electron chi connectivity index (χ4n) is 1.92. The molecule has 0 aliphatic carbocycles. The molecule has 0 saturated carbocycles. The minimum absolute atomic E-state index is 0.361. The molecule has 106 valence electrons. The second-order valence-corrected chi connectivity index (χ2v) is 4.43. The predicted octanol–water partition coefficient (Wildman–Crippen LogP) is 2.64. The molecule has 0 aliphatic rings. The minimum Gasteiger partial charge on any atom is -0.465 e. The first-order valence-electron chi connectivity index (χ1n) is 6.36. The third-order valence-corrected chi connectivity index (χ3v) is 2.97. The molecule has 2 aromatic carbocycles. The van der Waals surface area contributed by atoms with Crippen LogP contribution in [0.4, 0.5) is 0 Å². The first kappa shape index (κ1) is 14.5. The second-order valence-electron chi connectivity index (χ2n) is 4.43. The van der Waals surface area contributed by atoms with E-state index in [2.05, 4.69) is 4.74 Å². The molecule has 0 heterocycles. The Morgan fingerprint density at radius 1 is 1.05 bits per heavy atom. The normalized spacial score (nSPS) is 10.5. The Kier molecular flexibility index (Phi) is 4.51. The van der Waals surface area contributed by atoms with E-state index in [1.54, 1.807) is 18.2 Å². The van der Waals surface area contributed by atoms with Gasteiger partial charge >= 0.3 is 5.97 Å². The van der Waals surface area contributed by atoms with Gasteiger partial charge in [0.05, 0.1) is 12.7 Å². The highest BCUT2D eigenvalue weighted by molar-refractivity contribution is 5.91. The van der Waals surface area contributed by atoms with E-state index in [9.17, 15) is 9.59 Å². The average molecular weight is 281 g/mol. The minimum atomic E-state index is -0.483. The summed E-state index contributed by atoms with van der Waals surface area (Å²) < 4.78 is 4.66. The van der Waals surface area contributed by atoms with Crippen molar-refractivity contribution < 1.29 is 14.3 Å². The van der Waals surface area contributed by atoms with Crippen molar-refractivity contribution in [1.29, 1.82) is 0 Å². The maximum Gasteiger partial charge on any atom is 0.337 e. The molecule has 1 amide bonds. The molecule has 0 saturated heterocycles. The van der Waals surface area contributed by atoms with Gasteiger partial charge in [-0.25, -0.2) is 4.79 Å². The lowest BCUT2D eigenvalue weighted by molar-refractivity contribution is -0.113. The molecule has 0 aliphatic heterocycles. The molecule has 4 nitrogen and oxygen atoms in total. The summed E-state index contributed by atoms with van der Waals surface area (Å²) in [5.41, 5.74) is 8.42. The summed E-state index contributed by atoms with van der Waals surface area (Å²) in [7, 11) is 1.35. The zero-order valence-corrected chi connectivity index (χ0v) is 11.6. The van der Waals surface area contributed by atoms with Crippen LogP contribution in [0.5, 0.6) is 0 Å². The van der Waals surface area contributed by atoms with Gasteiger partial charge in [-0.1, -0.05) is 30.3 Å². The fourth-order valence-corrected chi connectivity index (χ4v) is 1.92. The van der Waals surface area contributed by atoms with Crippen LogP contribution in [0, 0.1) is 0 Å². The molecule has 2 rings (SSSR count). The molecule has 2 N–H and O–H groups in total. The van der Waals surface area contributed by atoms with Crippen LogP contribution in [0.25, 0.3) is 17.2 Å². The van der Waals surface area contributed by atoms with Crippen molar-refractivity contribution >= 4 is 18.0 Å². The molecule has 0 spiro atoms. The van der Waals surface area contributed by atoms with E-state index in [0.717, 1.165) is 16.7 Å². The first-order valence-corrected chi connectivity index (χ1v) is 6.36. The van der Waals surface area contributed by atoms with E-state index >= 15 is 0 Å². The van der Waals surface area contributed by atoms with Gasteiger partial charge in [-0.3, -0.25) is 4.79 Å². The summed E-state index contributed by atoms with van der Waals surface area (Å²) in [4.78, 5) is 22.1. The number of hydrogen-bond donors (Lipinski definition) is 1. The molecule has 0 bridgehead atoms. The number of primary amides is 1. The second kappa shape index (κ2) is 6.52. The first-order chi connectivity index (χ1) is 10.1. The summed E-state index contributed by atoms with van der Waals surface area (Å²) in [5, 5.41) is 0. The summed E-state index contributed by atoms with van der Waals surface area (Å²) in [6.45, 7) is 0. The van der Waals surface area contributed by atoms with Crippen molar-refractivity contribution in [2.75, 3.05) is 7.11 Å². The molecule has 2 aromatic rings. The van der Waals surface area contributed by atoms with E-state index in [4.69, 9.17) is 5.73 Å². The van der Waals surface area contributed by atoms with Crippen LogP contribution >= 0.6 is 0 Å².